The number of nitrogens with zero attached hydrogens (tertiary/aromatic N) is 2. The molecule has 0 aliphatic carbocycles. The minimum absolute atomic E-state index is 0.0514. The number of primary amides is 1. The number of hydrogen-bond donors (Lipinski definition) is 1. The minimum atomic E-state index is -0.615. The summed E-state index contributed by atoms with van der Waals surface area (Å²) in [5.41, 5.74) is 5.55. The van der Waals surface area contributed by atoms with Crippen LogP contribution in [0.5, 0.6) is 0 Å². The SMILES string of the molecule is NC(=O)/C=C/c1cc([N+](=O)[O-])ccc1Sc1ccccn1. The Morgan fingerprint density at radius 1 is 1.33 bits per heavy atom. The van der Waals surface area contributed by atoms with Crippen molar-refractivity contribution < 1.29 is 9.72 Å². The maximum atomic E-state index is 10.8. The number of benzene rings is 1. The zero-order valence-corrected chi connectivity index (χ0v) is 11.6. The molecule has 0 unspecified atom stereocenters. The second kappa shape index (κ2) is 6.67. The lowest BCUT2D eigenvalue weighted by atomic mass is 10.2. The summed E-state index contributed by atoms with van der Waals surface area (Å²) in [5, 5.41) is 11.6. The molecule has 0 bridgehead atoms. The second-order valence-corrected chi connectivity index (χ2v) is 5.05. The predicted octanol–water partition coefficient (Wildman–Crippen LogP) is 2.64. The Hall–Kier alpha value is -2.67. The molecule has 2 N–H and O–H groups in total. The van der Waals surface area contributed by atoms with E-state index in [9.17, 15) is 14.9 Å². The van der Waals surface area contributed by atoms with E-state index in [0.717, 1.165) is 9.92 Å². The summed E-state index contributed by atoms with van der Waals surface area (Å²) in [6, 6.07) is 9.90. The van der Waals surface area contributed by atoms with E-state index < -0.39 is 10.8 Å². The molecule has 0 saturated carbocycles. The molecule has 106 valence electrons. The fraction of sp³-hybridized carbons (Fsp3) is 0. The van der Waals surface area contributed by atoms with Gasteiger partial charge in [-0.15, -0.1) is 0 Å². The molecule has 2 aromatic rings. The molecule has 0 spiro atoms. The van der Waals surface area contributed by atoms with Gasteiger partial charge in [-0.1, -0.05) is 17.8 Å². The highest BCUT2D eigenvalue weighted by atomic mass is 32.2. The average molecular weight is 301 g/mol. The van der Waals surface area contributed by atoms with E-state index in [0.29, 0.717) is 5.56 Å². The van der Waals surface area contributed by atoms with Crippen molar-refractivity contribution in [2.75, 3.05) is 0 Å². The Balaban J connectivity index is 2.39. The van der Waals surface area contributed by atoms with Crippen LogP contribution < -0.4 is 5.73 Å². The summed E-state index contributed by atoms with van der Waals surface area (Å²) in [7, 11) is 0. The van der Waals surface area contributed by atoms with Gasteiger partial charge in [-0.2, -0.15) is 0 Å². The van der Waals surface area contributed by atoms with Gasteiger partial charge in [0.1, 0.15) is 5.03 Å². The molecular formula is C14H11N3O3S. The van der Waals surface area contributed by atoms with E-state index >= 15 is 0 Å². The molecule has 6 nitrogen and oxygen atoms in total. The van der Waals surface area contributed by atoms with E-state index in [2.05, 4.69) is 4.98 Å². The molecule has 1 aromatic heterocycles. The fourth-order valence-corrected chi connectivity index (χ4v) is 2.43. The van der Waals surface area contributed by atoms with Crippen LogP contribution in [0.3, 0.4) is 0 Å². The lowest BCUT2D eigenvalue weighted by Gasteiger charge is -2.05. The van der Waals surface area contributed by atoms with E-state index in [-0.39, 0.29) is 5.69 Å². The summed E-state index contributed by atoms with van der Waals surface area (Å²) in [6.07, 6.45) is 4.29. The zero-order chi connectivity index (χ0) is 15.2. The van der Waals surface area contributed by atoms with Gasteiger partial charge < -0.3 is 5.73 Å². The Labute approximate surface area is 124 Å². The van der Waals surface area contributed by atoms with Crippen molar-refractivity contribution in [3.63, 3.8) is 0 Å². The van der Waals surface area contributed by atoms with Crippen LogP contribution in [0, 0.1) is 10.1 Å². The molecule has 1 aromatic carbocycles. The first-order valence-electron chi connectivity index (χ1n) is 5.91. The summed E-state index contributed by atoms with van der Waals surface area (Å²) in [6.45, 7) is 0. The summed E-state index contributed by atoms with van der Waals surface area (Å²) >= 11 is 1.35. The molecule has 0 fully saturated rings. The lowest BCUT2D eigenvalue weighted by molar-refractivity contribution is -0.384. The highest BCUT2D eigenvalue weighted by Gasteiger charge is 2.10. The van der Waals surface area contributed by atoms with Crippen molar-refractivity contribution in [3.05, 3.63) is 64.3 Å². The molecule has 2 rings (SSSR count). The first-order valence-corrected chi connectivity index (χ1v) is 6.73. The third kappa shape index (κ3) is 4.15. The second-order valence-electron chi connectivity index (χ2n) is 3.98. The first-order chi connectivity index (χ1) is 10.1. The number of pyridine rings is 1. The van der Waals surface area contributed by atoms with Gasteiger partial charge in [0.15, 0.2) is 0 Å². The van der Waals surface area contributed by atoms with Crippen molar-refractivity contribution in [1.29, 1.82) is 0 Å². The van der Waals surface area contributed by atoms with Crippen molar-refractivity contribution in [1.82, 2.24) is 4.98 Å². The summed E-state index contributed by atoms with van der Waals surface area (Å²) in [5.74, 6) is -0.615. The molecule has 1 heterocycles. The molecule has 7 heteroatoms. The van der Waals surface area contributed by atoms with Crippen LogP contribution in [0.1, 0.15) is 5.56 Å². The topological polar surface area (TPSA) is 99.1 Å². The third-order valence-corrected chi connectivity index (χ3v) is 3.53. The molecule has 21 heavy (non-hydrogen) atoms. The van der Waals surface area contributed by atoms with Gasteiger partial charge in [0.2, 0.25) is 5.91 Å². The van der Waals surface area contributed by atoms with Crippen molar-refractivity contribution >= 4 is 29.4 Å². The van der Waals surface area contributed by atoms with Crippen LogP contribution in [0.25, 0.3) is 6.08 Å². The fourth-order valence-electron chi connectivity index (χ4n) is 1.56. The van der Waals surface area contributed by atoms with E-state index in [4.69, 9.17) is 5.73 Å². The predicted molar refractivity (Wildman–Crippen MR) is 79.7 cm³/mol. The molecule has 0 atom stereocenters. The normalized spacial score (nSPS) is 10.7. The van der Waals surface area contributed by atoms with Gasteiger partial charge in [0.05, 0.1) is 4.92 Å². The summed E-state index contributed by atoms with van der Waals surface area (Å²) < 4.78 is 0. The number of amides is 1. The number of aromatic nitrogens is 1. The van der Waals surface area contributed by atoms with Gasteiger partial charge >= 0.3 is 0 Å². The molecule has 0 aliphatic heterocycles. The van der Waals surface area contributed by atoms with E-state index in [1.807, 2.05) is 12.1 Å². The van der Waals surface area contributed by atoms with Crippen LogP contribution >= 0.6 is 11.8 Å². The highest BCUT2D eigenvalue weighted by molar-refractivity contribution is 7.99. The van der Waals surface area contributed by atoms with Gasteiger partial charge in [-0.3, -0.25) is 14.9 Å². The molecule has 1 amide bonds. The molecule has 0 radical (unpaired) electrons. The Bertz CT molecular complexity index is 702. The number of carbonyl (C=O) groups is 1. The Morgan fingerprint density at radius 2 is 2.14 bits per heavy atom. The van der Waals surface area contributed by atoms with Crippen LogP contribution in [0.2, 0.25) is 0 Å². The van der Waals surface area contributed by atoms with Crippen LogP contribution in [0.15, 0.2) is 58.6 Å². The number of rotatable bonds is 5. The number of non-ortho nitro benzene ring substituents is 1. The van der Waals surface area contributed by atoms with E-state index in [1.54, 1.807) is 18.3 Å². The van der Waals surface area contributed by atoms with Crippen LogP contribution in [-0.2, 0) is 4.79 Å². The first kappa shape index (κ1) is 14.7. The molecule has 0 aliphatic rings. The Kier molecular flexibility index (Phi) is 4.68. The van der Waals surface area contributed by atoms with Crippen LogP contribution in [0.4, 0.5) is 5.69 Å². The number of hydrogen-bond acceptors (Lipinski definition) is 5. The maximum absolute atomic E-state index is 10.8. The number of nitro benzene ring substituents is 1. The summed E-state index contributed by atoms with van der Waals surface area (Å²) in [4.78, 5) is 26.1. The number of nitro groups is 1. The van der Waals surface area contributed by atoms with Crippen molar-refractivity contribution in [2.45, 2.75) is 9.92 Å². The lowest BCUT2D eigenvalue weighted by Crippen LogP contribution is -2.05. The quantitative estimate of drug-likeness (QED) is 0.520. The van der Waals surface area contributed by atoms with E-state index in [1.165, 1.54) is 36.0 Å². The van der Waals surface area contributed by atoms with Crippen molar-refractivity contribution in [3.8, 4) is 0 Å². The van der Waals surface area contributed by atoms with Crippen molar-refractivity contribution in [2.24, 2.45) is 5.73 Å². The van der Waals surface area contributed by atoms with Gasteiger partial charge in [-0.25, -0.2) is 4.98 Å². The number of nitrogens with two attached hydrogens (primary N) is 1. The third-order valence-electron chi connectivity index (χ3n) is 2.48. The van der Waals surface area contributed by atoms with Gasteiger partial charge in [-0.05, 0) is 29.8 Å². The molecular weight excluding hydrogens is 290 g/mol. The van der Waals surface area contributed by atoms with Gasteiger partial charge in [0.25, 0.3) is 5.69 Å². The minimum Gasteiger partial charge on any atom is -0.366 e. The zero-order valence-electron chi connectivity index (χ0n) is 10.8. The highest BCUT2D eigenvalue weighted by Crippen LogP contribution is 2.32. The molecule has 0 saturated heterocycles. The monoisotopic (exact) mass is 301 g/mol. The van der Waals surface area contributed by atoms with Gasteiger partial charge in [0, 0.05) is 29.3 Å². The largest absolute Gasteiger partial charge is 0.366 e. The van der Waals surface area contributed by atoms with Crippen LogP contribution in [-0.4, -0.2) is 15.8 Å². The average Bonchev–Trinajstić information content (AvgIpc) is 2.47. The number of carbonyl (C=O) groups excluding carboxylic acids is 1. The Morgan fingerprint density at radius 3 is 2.76 bits per heavy atom. The standard InChI is InChI=1S/C14H11N3O3S/c15-13(18)7-4-10-9-11(17(19)20)5-6-12(10)21-14-3-1-2-8-16-14/h1-9H,(H2,15,18)/b7-4+. The maximum Gasteiger partial charge on any atom is 0.270 e. The smallest absolute Gasteiger partial charge is 0.270 e.